The van der Waals surface area contributed by atoms with Crippen molar-refractivity contribution in [3.05, 3.63) is 29.3 Å². The Morgan fingerprint density at radius 3 is 2.41 bits per heavy atom. The molecule has 1 N–H and O–H groups in total. The van der Waals surface area contributed by atoms with Crippen LogP contribution < -0.4 is 4.90 Å². The number of aryl methyl sites for hydroxylation is 2. The molecule has 5 heteroatoms. The van der Waals surface area contributed by atoms with E-state index >= 15 is 0 Å². The van der Waals surface area contributed by atoms with Crippen LogP contribution in [0.2, 0.25) is 0 Å². The van der Waals surface area contributed by atoms with Crippen molar-refractivity contribution in [2.75, 3.05) is 31.6 Å². The van der Waals surface area contributed by atoms with Gasteiger partial charge in [-0.1, -0.05) is 6.07 Å². The highest BCUT2D eigenvalue weighted by molar-refractivity contribution is 5.95. The number of aliphatic hydroxyl groups excluding tert-OH is 1. The van der Waals surface area contributed by atoms with Crippen molar-refractivity contribution in [2.45, 2.75) is 33.2 Å². The van der Waals surface area contributed by atoms with Crippen molar-refractivity contribution in [3.8, 4) is 6.07 Å². The summed E-state index contributed by atoms with van der Waals surface area (Å²) in [4.78, 5) is 16.1. The third-order valence-electron chi connectivity index (χ3n) is 3.67. The van der Waals surface area contributed by atoms with Gasteiger partial charge in [-0.2, -0.15) is 5.26 Å². The molecule has 1 aromatic carbocycles. The predicted octanol–water partition coefficient (Wildman–Crippen LogP) is 1.86. The molecule has 0 bridgehead atoms. The lowest BCUT2D eigenvalue weighted by molar-refractivity contribution is -0.120. The normalized spacial score (nSPS) is 12.0. The van der Waals surface area contributed by atoms with E-state index in [1.807, 2.05) is 44.9 Å². The van der Waals surface area contributed by atoms with Gasteiger partial charge in [0, 0.05) is 18.3 Å². The van der Waals surface area contributed by atoms with Crippen molar-refractivity contribution in [2.24, 2.45) is 0 Å². The van der Waals surface area contributed by atoms with E-state index in [1.165, 1.54) is 0 Å². The first-order valence-corrected chi connectivity index (χ1v) is 7.45. The molecule has 0 aromatic heterocycles. The zero-order chi connectivity index (χ0) is 16.7. The van der Waals surface area contributed by atoms with Gasteiger partial charge in [-0.3, -0.25) is 9.69 Å². The summed E-state index contributed by atoms with van der Waals surface area (Å²) in [7, 11) is 1.81. The number of benzene rings is 1. The minimum atomic E-state index is -0.0824. The van der Waals surface area contributed by atoms with Gasteiger partial charge in [0.15, 0.2) is 0 Å². The van der Waals surface area contributed by atoms with Crippen molar-refractivity contribution in [1.82, 2.24) is 4.90 Å². The summed E-state index contributed by atoms with van der Waals surface area (Å²) in [5, 5.41) is 18.0. The average molecular weight is 303 g/mol. The molecular weight excluding hydrogens is 278 g/mol. The van der Waals surface area contributed by atoms with E-state index in [0.29, 0.717) is 6.54 Å². The van der Waals surface area contributed by atoms with Crippen LogP contribution in [-0.2, 0) is 4.79 Å². The highest BCUT2D eigenvalue weighted by atomic mass is 16.3. The molecule has 0 aliphatic carbocycles. The molecule has 0 heterocycles. The first-order chi connectivity index (χ1) is 10.4. The van der Waals surface area contributed by atoms with Crippen molar-refractivity contribution in [3.63, 3.8) is 0 Å². The van der Waals surface area contributed by atoms with Crippen LogP contribution in [0.15, 0.2) is 18.2 Å². The van der Waals surface area contributed by atoms with Crippen LogP contribution in [-0.4, -0.2) is 48.7 Å². The van der Waals surface area contributed by atoms with E-state index in [-0.39, 0.29) is 31.5 Å². The fraction of sp³-hybridized carbons (Fsp3) is 0.529. The highest BCUT2D eigenvalue weighted by Crippen LogP contribution is 2.19. The number of hydrogen-bond acceptors (Lipinski definition) is 4. The number of amides is 1. The highest BCUT2D eigenvalue weighted by Gasteiger charge is 2.19. The van der Waals surface area contributed by atoms with Crippen molar-refractivity contribution < 1.29 is 9.90 Å². The number of carbonyl (C=O) groups excluding carboxylic acids is 1. The van der Waals surface area contributed by atoms with Gasteiger partial charge in [0.05, 0.1) is 25.6 Å². The molecule has 120 valence electrons. The summed E-state index contributed by atoms with van der Waals surface area (Å²) in [6, 6.07) is 7.97. The summed E-state index contributed by atoms with van der Waals surface area (Å²) >= 11 is 0. The topological polar surface area (TPSA) is 67.6 Å². The van der Waals surface area contributed by atoms with Gasteiger partial charge >= 0.3 is 0 Å². The second-order valence-corrected chi connectivity index (χ2v) is 5.75. The van der Waals surface area contributed by atoms with E-state index < -0.39 is 0 Å². The Balaban J connectivity index is 2.97. The van der Waals surface area contributed by atoms with Crippen LogP contribution in [0.4, 0.5) is 5.69 Å². The fourth-order valence-electron chi connectivity index (χ4n) is 2.26. The Morgan fingerprint density at radius 2 is 1.91 bits per heavy atom. The second kappa shape index (κ2) is 8.52. The standard InChI is InChI=1S/C17H25N3O2/c1-13-8-14(2)10-16(9-13)20(7-5-6-18)17(22)11-19(4)15(3)12-21/h8-10,15,21H,5,7,11-12H2,1-4H3. The van der Waals surface area contributed by atoms with Crippen molar-refractivity contribution in [1.29, 1.82) is 5.26 Å². The summed E-state index contributed by atoms with van der Waals surface area (Å²) in [6.07, 6.45) is 0.290. The maximum Gasteiger partial charge on any atom is 0.241 e. The molecule has 1 rings (SSSR count). The molecule has 1 aromatic rings. The Kier molecular flexibility index (Phi) is 7.03. The number of likely N-dealkylation sites (N-methyl/N-ethyl adjacent to an activating group) is 1. The maximum absolute atomic E-state index is 12.6. The summed E-state index contributed by atoms with van der Waals surface area (Å²) in [5.74, 6) is -0.0666. The molecule has 1 atom stereocenters. The first-order valence-electron chi connectivity index (χ1n) is 7.45. The van der Waals surface area contributed by atoms with Gasteiger partial charge in [-0.05, 0) is 51.1 Å². The molecule has 22 heavy (non-hydrogen) atoms. The van der Waals surface area contributed by atoms with E-state index in [4.69, 9.17) is 5.26 Å². The quantitative estimate of drug-likeness (QED) is 0.835. The molecule has 0 radical (unpaired) electrons. The zero-order valence-electron chi connectivity index (χ0n) is 13.8. The number of aliphatic hydroxyl groups is 1. The van der Waals surface area contributed by atoms with Crippen molar-refractivity contribution >= 4 is 11.6 Å². The zero-order valence-corrected chi connectivity index (χ0v) is 13.8. The molecule has 0 aliphatic heterocycles. The molecule has 1 amide bonds. The second-order valence-electron chi connectivity index (χ2n) is 5.75. The smallest absolute Gasteiger partial charge is 0.241 e. The lowest BCUT2D eigenvalue weighted by Gasteiger charge is -2.28. The average Bonchev–Trinajstić information content (AvgIpc) is 2.45. The molecule has 1 unspecified atom stereocenters. The first kappa shape index (κ1) is 18.1. The minimum Gasteiger partial charge on any atom is -0.395 e. The Morgan fingerprint density at radius 1 is 1.32 bits per heavy atom. The molecule has 0 fully saturated rings. The molecule has 0 saturated heterocycles. The van der Waals surface area contributed by atoms with Gasteiger partial charge in [0.2, 0.25) is 5.91 Å². The van der Waals surface area contributed by atoms with E-state index in [9.17, 15) is 9.90 Å². The maximum atomic E-state index is 12.6. The molecule has 5 nitrogen and oxygen atoms in total. The monoisotopic (exact) mass is 303 g/mol. The summed E-state index contributed by atoms with van der Waals surface area (Å²) < 4.78 is 0. The Bertz CT molecular complexity index is 531. The summed E-state index contributed by atoms with van der Waals surface area (Å²) in [5.41, 5.74) is 2.99. The molecule has 0 aliphatic rings. The number of anilines is 1. The van der Waals surface area contributed by atoms with Gasteiger partial charge in [-0.15, -0.1) is 0 Å². The van der Waals surface area contributed by atoms with Crippen LogP contribution in [0, 0.1) is 25.2 Å². The summed E-state index contributed by atoms with van der Waals surface area (Å²) in [6.45, 7) is 6.43. The Hall–Kier alpha value is -1.90. The lowest BCUT2D eigenvalue weighted by atomic mass is 10.1. The molecule has 0 spiro atoms. The number of rotatable bonds is 7. The van der Waals surface area contributed by atoms with E-state index in [0.717, 1.165) is 16.8 Å². The van der Waals surface area contributed by atoms with Gasteiger partial charge in [0.1, 0.15) is 0 Å². The van der Waals surface area contributed by atoms with E-state index in [1.54, 1.807) is 4.90 Å². The van der Waals surface area contributed by atoms with Crippen LogP contribution in [0.5, 0.6) is 0 Å². The minimum absolute atomic E-state index is 0.00548. The number of carbonyl (C=O) groups is 1. The SMILES string of the molecule is Cc1cc(C)cc(N(CCC#N)C(=O)CN(C)C(C)CO)c1. The van der Waals surface area contributed by atoms with Crippen LogP contribution in [0.3, 0.4) is 0 Å². The van der Waals surface area contributed by atoms with E-state index in [2.05, 4.69) is 12.1 Å². The molecular formula is C17H25N3O2. The number of nitriles is 1. The lowest BCUT2D eigenvalue weighted by Crippen LogP contribution is -2.43. The van der Waals surface area contributed by atoms with Gasteiger partial charge < -0.3 is 10.0 Å². The van der Waals surface area contributed by atoms with Gasteiger partial charge in [-0.25, -0.2) is 0 Å². The number of hydrogen-bond donors (Lipinski definition) is 1. The number of nitrogens with zero attached hydrogens (tertiary/aromatic N) is 3. The predicted molar refractivity (Wildman–Crippen MR) is 87.7 cm³/mol. The molecule has 0 saturated carbocycles. The van der Waals surface area contributed by atoms with Gasteiger partial charge in [0.25, 0.3) is 0 Å². The Labute approximate surface area is 132 Å². The third kappa shape index (κ3) is 5.14. The van der Waals surface area contributed by atoms with Crippen LogP contribution >= 0.6 is 0 Å². The van der Waals surface area contributed by atoms with Crippen LogP contribution in [0.1, 0.15) is 24.5 Å². The largest absolute Gasteiger partial charge is 0.395 e. The third-order valence-corrected chi connectivity index (χ3v) is 3.67. The fourth-order valence-corrected chi connectivity index (χ4v) is 2.26. The van der Waals surface area contributed by atoms with Crippen LogP contribution in [0.25, 0.3) is 0 Å².